The number of ether oxygens (including phenoxy) is 2. The highest BCUT2D eigenvalue weighted by atomic mass is 32.2. The predicted octanol–water partition coefficient (Wildman–Crippen LogP) is 1.84. The standard InChI is InChI=1S/C16H16F5NO7S/c1-2-12(23)29-15(16(19,20)21,28-9-8-14(17,18)30(25,26)27)13(24)22-10-11-6-4-3-5-7-11/h2-7H,1,8-10H2,(H,22,24)(H,25,26,27)/p-1. The lowest BCUT2D eigenvalue weighted by Gasteiger charge is -2.33. The van der Waals surface area contributed by atoms with Gasteiger partial charge in [-0.25, -0.2) is 13.2 Å². The van der Waals surface area contributed by atoms with Crippen molar-refractivity contribution < 1.29 is 54.0 Å². The summed E-state index contributed by atoms with van der Waals surface area (Å²) in [6.07, 6.45) is -7.56. The molecule has 0 aliphatic rings. The maximum Gasteiger partial charge on any atom is 0.466 e. The minimum atomic E-state index is -6.22. The predicted molar refractivity (Wildman–Crippen MR) is 88.6 cm³/mol. The van der Waals surface area contributed by atoms with Crippen molar-refractivity contribution in [3.63, 3.8) is 0 Å². The van der Waals surface area contributed by atoms with Gasteiger partial charge in [0.25, 0.3) is 0 Å². The Morgan fingerprint density at radius 3 is 2.17 bits per heavy atom. The number of amides is 1. The van der Waals surface area contributed by atoms with Crippen molar-refractivity contribution in [2.24, 2.45) is 0 Å². The summed E-state index contributed by atoms with van der Waals surface area (Å²) in [5, 5.41) is -3.20. The molecule has 1 N–H and O–H groups in total. The molecule has 0 aliphatic heterocycles. The molecule has 0 radical (unpaired) electrons. The molecule has 14 heteroatoms. The summed E-state index contributed by atoms with van der Waals surface area (Å²) >= 11 is 0. The molecule has 30 heavy (non-hydrogen) atoms. The van der Waals surface area contributed by atoms with Crippen molar-refractivity contribution in [1.82, 2.24) is 5.32 Å². The first-order valence-corrected chi connectivity index (χ1v) is 9.28. The van der Waals surface area contributed by atoms with E-state index in [1.54, 1.807) is 11.4 Å². The van der Waals surface area contributed by atoms with Crippen LogP contribution in [0, 0.1) is 0 Å². The second-order valence-electron chi connectivity index (χ2n) is 5.60. The number of alkyl halides is 5. The van der Waals surface area contributed by atoms with E-state index in [1.807, 2.05) is 0 Å². The molecule has 0 saturated heterocycles. The number of hydrogen-bond acceptors (Lipinski definition) is 7. The van der Waals surface area contributed by atoms with Crippen LogP contribution in [0.5, 0.6) is 0 Å². The minimum Gasteiger partial charge on any atom is -0.743 e. The number of halogens is 5. The van der Waals surface area contributed by atoms with Crippen molar-refractivity contribution in [1.29, 1.82) is 0 Å². The van der Waals surface area contributed by atoms with Gasteiger partial charge in [-0.1, -0.05) is 36.9 Å². The molecule has 0 aliphatic carbocycles. The van der Waals surface area contributed by atoms with Gasteiger partial charge in [-0.05, 0) is 5.56 Å². The molecule has 8 nitrogen and oxygen atoms in total. The highest BCUT2D eigenvalue weighted by Gasteiger charge is 2.66. The number of benzene rings is 1. The Morgan fingerprint density at radius 2 is 1.70 bits per heavy atom. The van der Waals surface area contributed by atoms with Crippen molar-refractivity contribution in [2.75, 3.05) is 6.61 Å². The molecule has 0 spiro atoms. The summed E-state index contributed by atoms with van der Waals surface area (Å²) in [6, 6.07) is 7.48. The fourth-order valence-electron chi connectivity index (χ4n) is 1.93. The maximum atomic E-state index is 13.6. The van der Waals surface area contributed by atoms with Gasteiger partial charge in [0.1, 0.15) is 0 Å². The molecule has 0 fully saturated rings. The molecule has 0 saturated carbocycles. The number of hydrogen-bond donors (Lipinski definition) is 1. The van der Waals surface area contributed by atoms with E-state index in [-0.39, 0.29) is 6.08 Å². The Bertz CT molecular complexity index is 874. The SMILES string of the molecule is C=CC(=O)OC(OCCC(F)(F)S(=O)(=O)[O-])(C(=O)NCc1ccccc1)C(F)(F)F. The van der Waals surface area contributed by atoms with Gasteiger partial charge in [0.2, 0.25) is 0 Å². The lowest BCUT2D eigenvalue weighted by atomic mass is 10.2. The number of nitrogens with one attached hydrogen (secondary N) is 1. The molecule has 1 unspecified atom stereocenters. The maximum absolute atomic E-state index is 13.6. The Labute approximate surface area is 167 Å². The van der Waals surface area contributed by atoms with Gasteiger partial charge in [0.15, 0.2) is 10.1 Å². The van der Waals surface area contributed by atoms with E-state index >= 15 is 0 Å². The van der Waals surface area contributed by atoms with Gasteiger partial charge in [-0.15, -0.1) is 0 Å². The van der Waals surface area contributed by atoms with Crippen LogP contribution in [0.25, 0.3) is 0 Å². The zero-order valence-corrected chi connectivity index (χ0v) is 15.8. The Hall–Kier alpha value is -2.58. The van der Waals surface area contributed by atoms with E-state index in [9.17, 15) is 44.5 Å². The molecule has 0 heterocycles. The number of rotatable bonds is 10. The van der Waals surface area contributed by atoms with Crippen molar-refractivity contribution in [2.45, 2.75) is 30.2 Å². The molecule has 168 valence electrons. The molecule has 0 bridgehead atoms. The van der Waals surface area contributed by atoms with Gasteiger partial charge in [-0.2, -0.15) is 22.0 Å². The normalized spacial score (nSPS) is 14.5. The van der Waals surface area contributed by atoms with Crippen molar-refractivity contribution in [3.8, 4) is 0 Å². The fraction of sp³-hybridized carbons (Fsp3) is 0.375. The first-order valence-electron chi connectivity index (χ1n) is 7.88. The average Bonchev–Trinajstić information content (AvgIpc) is 2.63. The summed E-state index contributed by atoms with van der Waals surface area (Å²) in [5.41, 5.74) is 0.334. The van der Waals surface area contributed by atoms with Crippen LogP contribution in [0.15, 0.2) is 43.0 Å². The molecule has 1 aromatic rings. The molecule has 1 rings (SSSR count). The summed E-state index contributed by atoms with van der Waals surface area (Å²) < 4.78 is 107. The van der Waals surface area contributed by atoms with Crippen LogP contribution < -0.4 is 5.32 Å². The van der Waals surface area contributed by atoms with Crippen LogP contribution >= 0.6 is 0 Å². The highest BCUT2D eigenvalue weighted by Crippen LogP contribution is 2.37. The van der Waals surface area contributed by atoms with Crippen molar-refractivity contribution >= 4 is 22.0 Å². The Kier molecular flexibility index (Phi) is 8.05. The third kappa shape index (κ3) is 6.21. The van der Waals surface area contributed by atoms with E-state index in [1.165, 1.54) is 24.3 Å². The monoisotopic (exact) mass is 460 g/mol. The van der Waals surface area contributed by atoms with Crippen LogP contribution in [0.2, 0.25) is 0 Å². The van der Waals surface area contributed by atoms with E-state index in [4.69, 9.17) is 0 Å². The van der Waals surface area contributed by atoms with Gasteiger partial charge >= 0.3 is 29.1 Å². The third-order valence-electron chi connectivity index (χ3n) is 3.44. The first-order chi connectivity index (χ1) is 13.7. The van der Waals surface area contributed by atoms with Crippen LogP contribution in [-0.4, -0.2) is 48.7 Å². The molecule has 0 aromatic heterocycles. The third-order valence-corrected chi connectivity index (χ3v) is 4.38. The summed E-state index contributed by atoms with van der Waals surface area (Å²) in [6.45, 7) is 0.593. The summed E-state index contributed by atoms with van der Waals surface area (Å²) in [5.74, 6) is -8.27. The number of carbonyl (C=O) groups is 2. The minimum absolute atomic E-state index is 0.255. The van der Waals surface area contributed by atoms with Crippen LogP contribution in [-0.2, 0) is 35.7 Å². The van der Waals surface area contributed by atoms with Gasteiger partial charge in [-0.3, -0.25) is 4.79 Å². The second-order valence-corrected chi connectivity index (χ2v) is 7.10. The topological polar surface area (TPSA) is 122 Å². The van der Waals surface area contributed by atoms with Gasteiger partial charge in [0.05, 0.1) is 6.61 Å². The zero-order chi connectivity index (χ0) is 23.2. The fourth-order valence-corrected chi connectivity index (χ4v) is 2.26. The van der Waals surface area contributed by atoms with Gasteiger partial charge in [0, 0.05) is 19.0 Å². The first kappa shape index (κ1) is 25.5. The van der Waals surface area contributed by atoms with E-state index in [2.05, 4.69) is 16.1 Å². The van der Waals surface area contributed by atoms with Crippen LogP contribution in [0.4, 0.5) is 22.0 Å². The van der Waals surface area contributed by atoms with E-state index in [0.717, 1.165) is 0 Å². The quantitative estimate of drug-likeness (QED) is 0.186. The largest absolute Gasteiger partial charge is 0.743 e. The van der Waals surface area contributed by atoms with Crippen LogP contribution in [0.3, 0.4) is 0 Å². The average molecular weight is 460 g/mol. The number of carbonyl (C=O) groups excluding carboxylic acids is 2. The van der Waals surface area contributed by atoms with E-state index in [0.29, 0.717) is 5.56 Å². The smallest absolute Gasteiger partial charge is 0.466 e. The van der Waals surface area contributed by atoms with Gasteiger partial charge < -0.3 is 19.3 Å². The van der Waals surface area contributed by atoms with E-state index < -0.39 is 58.8 Å². The van der Waals surface area contributed by atoms with Crippen molar-refractivity contribution in [3.05, 3.63) is 48.6 Å². The molecule has 1 aromatic carbocycles. The lowest BCUT2D eigenvalue weighted by molar-refractivity contribution is -0.347. The molecular weight excluding hydrogens is 445 g/mol. The Morgan fingerprint density at radius 1 is 1.13 bits per heavy atom. The molecule has 1 atom stereocenters. The highest BCUT2D eigenvalue weighted by molar-refractivity contribution is 7.86. The van der Waals surface area contributed by atoms with Crippen LogP contribution in [0.1, 0.15) is 12.0 Å². The molecule has 1 amide bonds. The zero-order valence-electron chi connectivity index (χ0n) is 14.9. The second kappa shape index (κ2) is 9.49. The Balaban J connectivity index is 3.16. The lowest BCUT2D eigenvalue weighted by Crippen LogP contribution is -2.61. The number of esters is 1. The molecular formula is C16H15F5NO7S-. The summed E-state index contributed by atoms with van der Waals surface area (Å²) in [4.78, 5) is 23.6. The summed E-state index contributed by atoms with van der Waals surface area (Å²) in [7, 11) is -6.22.